The molecule has 1 atom stereocenters. The van der Waals surface area contributed by atoms with E-state index in [4.69, 9.17) is 4.74 Å². The number of ether oxygens (including phenoxy) is 1. The van der Waals surface area contributed by atoms with Crippen LogP contribution in [0.4, 0.5) is 19.3 Å². The minimum absolute atomic E-state index is 0.0164. The summed E-state index contributed by atoms with van der Waals surface area (Å²) in [5, 5.41) is 5.54. The van der Waals surface area contributed by atoms with Crippen molar-refractivity contribution in [3.05, 3.63) is 36.0 Å². The number of rotatable bonds is 5. The van der Waals surface area contributed by atoms with Crippen LogP contribution in [-0.2, 0) is 9.53 Å². The van der Waals surface area contributed by atoms with Gasteiger partial charge in [-0.15, -0.1) is 0 Å². The highest BCUT2D eigenvalue weighted by Crippen LogP contribution is 2.32. The Morgan fingerprint density at radius 1 is 1.16 bits per heavy atom. The van der Waals surface area contributed by atoms with Gasteiger partial charge in [0.15, 0.2) is 0 Å². The summed E-state index contributed by atoms with van der Waals surface area (Å²) in [6.45, 7) is 6.86. The maximum absolute atomic E-state index is 14.5. The molecule has 1 aliphatic rings. The number of benzene rings is 1. The lowest BCUT2D eigenvalue weighted by molar-refractivity contribution is -0.125. The van der Waals surface area contributed by atoms with Crippen LogP contribution in [0, 0.1) is 17.6 Å². The number of hydrogen-bond acceptors (Lipinski definition) is 5. The van der Waals surface area contributed by atoms with E-state index in [1.807, 2.05) is 4.90 Å². The maximum atomic E-state index is 14.5. The number of aromatic nitrogens is 1. The van der Waals surface area contributed by atoms with Gasteiger partial charge in [0.1, 0.15) is 22.8 Å². The number of halogens is 2. The number of carbonyl (C=O) groups is 2. The van der Waals surface area contributed by atoms with Crippen LogP contribution in [-0.4, -0.2) is 48.8 Å². The third kappa shape index (κ3) is 5.80. The Kier molecular flexibility index (Phi) is 6.92. The monoisotopic (exact) mass is 434 g/mol. The first-order valence-corrected chi connectivity index (χ1v) is 10.4. The summed E-state index contributed by atoms with van der Waals surface area (Å²) >= 11 is 0. The molecule has 0 radical (unpaired) electrons. The van der Waals surface area contributed by atoms with E-state index < -0.39 is 23.3 Å². The summed E-state index contributed by atoms with van der Waals surface area (Å²) in [5.74, 6) is -1.56. The zero-order chi connectivity index (χ0) is 22.6. The Morgan fingerprint density at radius 3 is 2.61 bits per heavy atom. The molecule has 168 valence electrons. The van der Waals surface area contributed by atoms with Crippen LogP contribution in [0.15, 0.2) is 24.4 Å². The minimum atomic E-state index is -0.585. The SMILES string of the molecule is CC(C)(C)OC(=O)NCCNC(=O)C1CCCN(c2ccnc3c(F)ccc(F)c23)C1. The van der Waals surface area contributed by atoms with Crippen molar-refractivity contribution in [2.45, 2.75) is 39.2 Å². The van der Waals surface area contributed by atoms with Gasteiger partial charge in [0.2, 0.25) is 5.91 Å². The number of anilines is 1. The number of nitrogens with one attached hydrogen (secondary N) is 2. The first-order chi connectivity index (χ1) is 14.7. The first-order valence-electron chi connectivity index (χ1n) is 10.4. The number of nitrogens with zero attached hydrogens (tertiary/aromatic N) is 2. The predicted octanol–water partition coefficient (Wildman–Crippen LogP) is 3.37. The van der Waals surface area contributed by atoms with E-state index in [2.05, 4.69) is 15.6 Å². The molecule has 2 amide bonds. The quantitative estimate of drug-likeness (QED) is 0.705. The van der Waals surface area contributed by atoms with E-state index in [1.165, 1.54) is 6.20 Å². The molecule has 9 heteroatoms. The number of alkyl carbamates (subject to hydrolysis) is 1. The number of carbonyl (C=O) groups excluding carboxylic acids is 2. The van der Waals surface area contributed by atoms with Crippen molar-refractivity contribution in [3.8, 4) is 0 Å². The lowest BCUT2D eigenvalue weighted by atomic mass is 9.96. The summed E-state index contributed by atoms with van der Waals surface area (Å²) in [6.07, 6.45) is 2.35. The Hall–Kier alpha value is -2.97. The average Bonchev–Trinajstić information content (AvgIpc) is 2.72. The molecule has 2 heterocycles. The lowest BCUT2D eigenvalue weighted by Gasteiger charge is -2.34. The highest BCUT2D eigenvalue weighted by molar-refractivity contribution is 5.93. The smallest absolute Gasteiger partial charge is 0.407 e. The van der Waals surface area contributed by atoms with Gasteiger partial charge in [-0.05, 0) is 51.8 Å². The van der Waals surface area contributed by atoms with Gasteiger partial charge < -0.3 is 20.3 Å². The summed E-state index contributed by atoms with van der Waals surface area (Å²) in [6, 6.07) is 3.80. The molecule has 1 aliphatic heterocycles. The highest BCUT2D eigenvalue weighted by Gasteiger charge is 2.27. The second-order valence-corrected chi connectivity index (χ2v) is 8.59. The van der Waals surface area contributed by atoms with E-state index in [0.717, 1.165) is 18.6 Å². The van der Waals surface area contributed by atoms with Gasteiger partial charge in [-0.1, -0.05) is 0 Å². The third-order valence-corrected chi connectivity index (χ3v) is 5.00. The lowest BCUT2D eigenvalue weighted by Crippen LogP contribution is -2.45. The normalized spacial score (nSPS) is 16.8. The van der Waals surface area contributed by atoms with Crippen LogP contribution in [0.2, 0.25) is 0 Å². The van der Waals surface area contributed by atoms with Crippen LogP contribution in [0.3, 0.4) is 0 Å². The third-order valence-electron chi connectivity index (χ3n) is 5.00. The second kappa shape index (κ2) is 9.45. The van der Waals surface area contributed by atoms with Crippen molar-refractivity contribution < 1.29 is 23.1 Å². The van der Waals surface area contributed by atoms with Gasteiger partial charge >= 0.3 is 6.09 Å². The maximum Gasteiger partial charge on any atom is 0.407 e. The molecule has 3 rings (SSSR count). The van der Waals surface area contributed by atoms with Gasteiger partial charge in [-0.3, -0.25) is 9.78 Å². The fourth-order valence-electron chi connectivity index (χ4n) is 3.66. The van der Waals surface area contributed by atoms with Crippen molar-refractivity contribution in [2.75, 3.05) is 31.1 Å². The Balaban J connectivity index is 1.59. The van der Waals surface area contributed by atoms with Crippen LogP contribution in [0.25, 0.3) is 10.9 Å². The fourth-order valence-corrected chi connectivity index (χ4v) is 3.66. The molecule has 0 aliphatic carbocycles. The molecule has 1 aromatic heterocycles. The molecule has 7 nitrogen and oxygen atoms in total. The van der Waals surface area contributed by atoms with E-state index in [-0.39, 0.29) is 35.8 Å². The average molecular weight is 434 g/mol. The molecule has 0 saturated carbocycles. The topological polar surface area (TPSA) is 83.6 Å². The molecule has 1 fully saturated rings. The van der Waals surface area contributed by atoms with Gasteiger partial charge in [-0.25, -0.2) is 13.6 Å². The molecule has 0 spiro atoms. The number of piperidine rings is 1. The van der Waals surface area contributed by atoms with Gasteiger partial charge in [0.05, 0.1) is 17.0 Å². The molecular weight excluding hydrogens is 406 g/mol. The fraction of sp³-hybridized carbons (Fsp3) is 0.500. The standard InChI is InChI=1S/C22H28F2N4O3/c1-22(2,3)31-21(30)27-11-10-26-20(29)14-5-4-12-28(13-14)17-8-9-25-19-16(24)7-6-15(23)18(17)19/h6-9,14H,4-5,10-13H2,1-3H3,(H,26,29)(H,27,30). The van der Waals surface area contributed by atoms with Crippen LogP contribution in [0.1, 0.15) is 33.6 Å². The summed E-state index contributed by atoms with van der Waals surface area (Å²) in [5.41, 5.74) is -0.0679. The van der Waals surface area contributed by atoms with Gasteiger partial charge in [-0.2, -0.15) is 0 Å². The van der Waals surface area contributed by atoms with Gasteiger partial charge in [0, 0.05) is 32.4 Å². The van der Waals surface area contributed by atoms with Crippen LogP contribution >= 0.6 is 0 Å². The number of amides is 2. The number of pyridine rings is 1. The van der Waals surface area contributed by atoms with E-state index in [1.54, 1.807) is 26.8 Å². The number of fused-ring (bicyclic) bond motifs is 1. The van der Waals surface area contributed by atoms with Crippen molar-refractivity contribution >= 4 is 28.6 Å². The van der Waals surface area contributed by atoms with E-state index in [9.17, 15) is 18.4 Å². The van der Waals surface area contributed by atoms with Crippen molar-refractivity contribution in [2.24, 2.45) is 5.92 Å². The van der Waals surface area contributed by atoms with Crippen molar-refractivity contribution in [1.82, 2.24) is 15.6 Å². The van der Waals surface area contributed by atoms with Crippen LogP contribution < -0.4 is 15.5 Å². The minimum Gasteiger partial charge on any atom is -0.444 e. The molecule has 1 aromatic carbocycles. The van der Waals surface area contributed by atoms with Crippen molar-refractivity contribution in [1.29, 1.82) is 0 Å². The van der Waals surface area contributed by atoms with Crippen LogP contribution in [0.5, 0.6) is 0 Å². The molecule has 2 aromatic rings. The van der Waals surface area contributed by atoms with Crippen molar-refractivity contribution in [3.63, 3.8) is 0 Å². The molecule has 31 heavy (non-hydrogen) atoms. The Bertz CT molecular complexity index is 962. The van der Waals surface area contributed by atoms with E-state index >= 15 is 0 Å². The second-order valence-electron chi connectivity index (χ2n) is 8.59. The molecule has 0 bridgehead atoms. The summed E-state index contributed by atoms with van der Waals surface area (Å²) in [4.78, 5) is 30.1. The zero-order valence-corrected chi connectivity index (χ0v) is 18.0. The highest BCUT2D eigenvalue weighted by atomic mass is 19.1. The summed E-state index contributed by atoms with van der Waals surface area (Å²) < 4.78 is 33.7. The molecule has 1 unspecified atom stereocenters. The number of hydrogen-bond donors (Lipinski definition) is 2. The first kappa shape index (κ1) is 22.7. The molecular formula is C22H28F2N4O3. The Morgan fingerprint density at radius 2 is 1.87 bits per heavy atom. The van der Waals surface area contributed by atoms with Gasteiger partial charge in [0.25, 0.3) is 0 Å². The van der Waals surface area contributed by atoms with E-state index in [0.29, 0.717) is 25.2 Å². The Labute approximate surface area is 180 Å². The molecule has 1 saturated heterocycles. The zero-order valence-electron chi connectivity index (χ0n) is 18.0. The largest absolute Gasteiger partial charge is 0.444 e. The summed E-state index contributed by atoms with van der Waals surface area (Å²) in [7, 11) is 0. The predicted molar refractivity (Wildman–Crippen MR) is 114 cm³/mol. The molecule has 2 N–H and O–H groups in total.